The standard InChI is InChI=1S/C27H24Br2N2O3/c1-16(2)21-14-19(33-26-22(28)13-18-9-6-10-20(18)25(26)29)11-12-23(21)32-15-24-30-27(34-31-24)17-7-4-3-5-8-17/h3-5,7-8,11-14,16H,6,9-10,15H2,1-2H3. The van der Waals surface area contributed by atoms with Crippen LogP contribution in [0, 0.1) is 0 Å². The van der Waals surface area contributed by atoms with E-state index in [9.17, 15) is 0 Å². The van der Waals surface area contributed by atoms with E-state index in [0.717, 1.165) is 50.2 Å². The third-order valence-electron chi connectivity index (χ3n) is 5.91. The second kappa shape index (κ2) is 9.92. The molecule has 0 saturated carbocycles. The van der Waals surface area contributed by atoms with Crippen LogP contribution in [0.2, 0.25) is 0 Å². The van der Waals surface area contributed by atoms with E-state index in [0.29, 0.717) is 11.7 Å². The molecule has 5 rings (SSSR count). The second-order valence-electron chi connectivity index (χ2n) is 8.62. The molecule has 0 aliphatic heterocycles. The fourth-order valence-corrected chi connectivity index (χ4v) is 5.74. The average molecular weight is 584 g/mol. The minimum absolute atomic E-state index is 0.220. The minimum Gasteiger partial charge on any atom is -0.485 e. The van der Waals surface area contributed by atoms with Gasteiger partial charge in [-0.2, -0.15) is 4.98 Å². The molecule has 7 heteroatoms. The maximum absolute atomic E-state index is 6.34. The predicted molar refractivity (Wildman–Crippen MR) is 139 cm³/mol. The van der Waals surface area contributed by atoms with E-state index in [1.54, 1.807) is 0 Å². The summed E-state index contributed by atoms with van der Waals surface area (Å²) in [6, 6.07) is 17.8. The van der Waals surface area contributed by atoms with Gasteiger partial charge in [-0.3, -0.25) is 0 Å². The number of halogens is 2. The fourth-order valence-electron chi connectivity index (χ4n) is 4.17. The Morgan fingerprint density at radius 3 is 2.65 bits per heavy atom. The van der Waals surface area contributed by atoms with Gasteiger partial charge in [0.05, 0.1) is 8.95 Å². The van der Waals surface area contributed by atoms with E-state index in [-0.39, 0.29) is 12.5 Å². The smallest absolute Gasteiger partial charge is 0.258 e. The summed E-state index contributed by atoms with van der Waals surface area (Å²) in [4.78, 5) is 4.45. The predicted octanol–water partition coefficient (Wildman–Crippen LogP) is 8.25. The number of rotatable bonds is 7. The molecule has 0 saturated heterocycles. The van der Waals surface area contributed by atoms with Gasteiger partial charge in [0.2, 0.25) is 5.82 Å². The van der Waals surface area contributed by atoms with E-state index in [4.69, 9.17) is 14.0 Å². The van der Waals surface area contributed by atoms with E-state index in [1.165, 1.54) is 17.5 Å². The van der Waals surface area contributed by atoms with E-state index >= 15 is 0 Å². The number of ether oxygens (including phenoxy) is 2. The molecule has 0 radical (unpaired) electrons. The van der Waals surface area contributed by atoms with Gasteiger partial charge in [0, 0.05) is 11.1 Å². The van der Waals surface area contributed by atoms with Crippen LogP contribution in [0.3, 0.4) is 0 Å². The summed E-state index contributed by atoms with van der Waals surface area (Å²) in [5.74, 6) is 3.58. The van der Waals surface area contributed by atoms with Crippen molar-refractivity contribution in [3.8, 4) is 28.7 Å². The van der Waals surface area contributed by atoms with Crippen LogP contribution in [0.25, 0.3) is 11.5 Å². The van der Waals surface area contributed by atoms with Gasteiger partial charge in [-0.25, -0.2) is 0 Å². The number of hydrogen-bond donors (Lipinski definition) is 0. The van der Waals surface area contributed by atoms with Crippen molar-refractivity contribution in [3.63, 3.8) is 0 Å². The zero-order valence-electron chi connectivity index (χ0n) is 19.0. The molecule has 0 spiro atoms. The summed E-state index contributed by atoms with van der Waals surface area (Å²) >= 11 is 7.46. The quantitative estimate of drug-likeness (QED) is 0.219. The number of aryl methyl sites for hydroxylation is 1. The third-order valence-corrected chi connectivity index (χ3v) is 7.34. The zero-order valence-corrected chi connectivity index (χ0v) is 22.1. The van der Waals surface area contributed by atoms with Gasteiger partial charge < -0.3 is 14.0 Å². The van der Waals surface area contributed by atoms with Gasteiger partial charge in [-0.1, -0.05) is 37.2 Å². The number of hydrogen-bond acceptors (Lipinski definition) is 5. The molecule has 1 aliphatic rings. The van der Waals surface area contributed by atoms with Crippen LogP contribution in [-0.2, 0) is 19.4 Å². The fraction of sp³-hybridized carbons (Fsp3) is 0.259. The SMILES string of the molecule is CC(C)c1cc(Oc2c(Br)cc3c(c2Br)CCC3)ccc1OCc1noc(-c2ccccc2)n1. The van der Waals surface area contributed by atoms with Crippen molar-refractivity contribution in [1.82, 2.24) is 10.1 Å². The summed E-state index contributed by atoms with van der Waals surface area (Å²) < 4.78 is 19.8. The van der Waals surface area contributed by atoms with Crippen molar-refractivity contribution in [2.45, 2.75) is 45.6 Å². The van der Waals surface area contributed by atoms with Crippen molar-refractivity contribution >= 4 is 31.9 Å². The Kier molecular flexibility index (Phi) is 6.75. The molecular formula is C27H24Br2N2O3. The molecular weight excluding hydrogens is 560 g/mol. The lowest BCUT2D eigenvalue weighted by Crippen LogP contribution is -2.02. The lowest BCUT2D eigenvalue weighted by molar-refractivity contribution is 0.283. The summed E-state index contributed by atoms with van der Waals surface area (Å²) in [5.41, 5.74) is 4.67. The van der Waals surface area contributed by atoms with Gasteiger partial charge in [-0.05, 0) is 105 Å². The Morgan fingerprint density at radius 2 is 1.85 bits per heavy atom. The average Bonchev–Trinajstić information content (AvgIpc) is 3.51. The van der Waals surface area contributed by atoms with Crippen molar-refractivity contribution < 1.29 is 14.0 Å². The normalized spacial score (nSPS) is 12.7. The molecule has 1 aliphatic carbocycles. The zero-order chi connectivity index (χ0) is 23.7. The largest absolute Gasteiger partial charge is 0.485 e. The lowest BCUT2D eigenvalue weighted by Gasteiger charge is -2.17. The van der Waals surface area contributed by atoms with Crippen LogP contribution in [-0.4, -0.2) is 10.1 Å². The molecule has 0 bridgehead atoms. The molecule has 34 heavy (non-hydrogen) atoms. The van der Waals surface area contributed by atoms with E-state index < -0.39 is 0 Å². The molecule has 174 valence electrons. The van der Waals surface area contributed by atoms with Crippen LogP contribution in [0.15, 0.2) is 68.1 Å². The Bertz CT molecular complexity index is 1320. The Labute approximate surface area is 215 Å². The lowest BCUT2D eigenvalue weighted by atomic mass is 10.0. The van der Waals surface area contributed by atoms with Gasteiger partial charge in [0.15, 0.2) is 12.4 Å². The van der Waals surface area contributed by atoms with Crippen LogP contribution in [0.4, 0.5) is 0 Å². The highest BCUT2D eigenvalue weighted by Gasteiger charge is 2.21. The minimum atomic E-state index is 0.220. The van der Waals surface area contributed by atoms with Crippen molar-refractivity contribution in [3.05, 3.63) is 86.1 Å². The van der Waals surface area contributed by atoms with Crippen molar-refractivity contribution in [2.75, 3.05) is 0 Å². The van der Waals surface area contributed by atoms with Crippen LogP contribution in [0.1, 0.15) is 48.7 Å². The monoisotopic (exact) mass is 582 g/mol. The molecule has 0 unspecified atom stereocenters. The number of nitrogens with zero attached hydrogens (tertiary/aromatic N) is 2. The number of fused-ring (bicyclic) bond motifs is 1. The van der Waals surface area contributed by atoms with Crippen molar-refractivity contribution in [1.29, 1.82) is 0 Å². The molecule has 1 aromatic heterocycles. The summed E-state index contributed by atoms with van der Waals surface area (Å²) in [7, 11) is 0. The van der Waals surface area contributed by atoms with E-state index in [1.807, 2.05) is 48.5 Å². The highest BCUT2D eigenvalue weighted by atomic mass is 79.9. The molecule has 0 fully saturated rings. The molecule has 1 heterocycles. The maximum atomic E-state index is 6.34. The first-order valence-electron chi connectivity index (χ1n) is 11.3. The third kappa shape index (κ3) is 4.77. The molecule has 3 aromatic carbocycles. The molecule has 5 nitrogen and oxygen atoms in total. The van der Waals surface area contributed by atoms with Gasteiger partial charge in [0.25, 0.3) is 5.89 Å². The first-order chi connectivity index (χ1) is 16.5. The van der Waals surface area contributed by atoms with Crippen molar-refractivity contribution in [2.24, 2.45) is 0 Å². The topological polar surface area (TPSA) is 57.4 Å². The second-order valence-corrected chi connectivity index (χ2v) is 10.3. The molecule has 0 amide bonds. The highest BCUT2D eigenvalue weighted by molar-refractivity contribution is 9.11. The van der Waals surface area contributed by atoms with Crippen LogP contribution >= 0.6 is 31.9 Å². The highest BCUT2D eigenvalue weighted by Crippen LogP contribution is 2.44. The summed E-state index contributed by atoms with van der Waals surface area (Å²) in [5, 5.41) is 4.06. The summed E-state index contributed by atoms with van der Waals surface area (Å²) in [6.45, 7) is 4.49. The Hall–Kier alpha value is -2.64. The van der Waals surface area contributed by atoms with Crippen LogP contribution < -0.4 is 9.47 Å². The Morgan fingerprint density at radius 1 is 1.03 bits per heavy atom. The number of aromatic nitrogens is 2. The molecule has 0 N–H and O–H groups in total. The Balaban J connectivity index is 1.34. The summed E-state index contributed by atoms with van der Waals surface area (Å²) in [6.07, 6.45) is 3.37. The van der Waals surface area contributed by atoms with Gasteiger partial charge >= 0.3 is 0 Å². The van der Waals surface area contributed by atoms with Gasteiger partial charge in [0.1, 0.15) is 11.5 Å². The van der Waals surface area contributed by atoms with Gasteiger partial charge in [-0.15, -0.1) is 0 Å². The van der Waals surface area contributed by atoms with E-state index in [2.05, 4.69) is 61.9 Å². The maximum Gasteiger partial charge on any atom is 0.258 e. The molecule has 0 atom stereocenters. The number of benzene rings is 3. The molecule has 4 aromatic rings. The first kappa shape index (κ1) is 23.1. The first-order valence-corrected chi connectivity index (χ1v) is 12.9. The van der Waals surface area contributed by atoms with Crippen LogP contribution in [0.5, 0.6) is 17.2 Å².